The maximum Gasteiger partial charge on any atom is 0.306 e. The predicted octanol–water partition coefficient (Wildman–Crippen LogP) is 13.5. The SMILES string of the molecule is CC/C=C\C/C=C\C/C=C\CCCCCCCCOCC(COP(=O)([O-])OCC[N+](C)(C)C)OC(=O)CCCCCCCCCCCCCCCCCCCCC. The van der Waals surface area contributed by atoms with Crippen molar-refractivity contribution in [3.05, 3.63) is 36.5 Å². The Hall–Kier alpha value is -1.28. The van der Waals surface area contributed by atoms with Crippen LogP contribution in [0.15, 0.2) is 36.5 Å². The van der Waals surface area contributed by atoms with Crippen LogP contribution >= 0.6 is 7.82 Å². The Morgan fingerprint density at radius 3 is 1.53 bits per heavy atom. The Labute approximate surface area is 353 Å². The largest absolute Gasteiger partial charge is 0.756 e. The smallest absolute Gasteiger partial charge is 0.306 e. The van der Waals surface area contributed by atoms with Gasteiger partial charge in [0.15, 0.2) is 0 Å². The first-order chi connectivity index (χ1) is 27.6. The van der Waals surface area contributed by atoms with Crippen molar-refractivity contribution in [3.8, 4) is 0 Å². The summed E-state index contributed by atoms with van der Waals surface area (Å²) < 4.78 is 34.7. The second kappa shape index (κ2) is 41.5. The van der Waals surface area contributed by atoms with Crippen LogP contribution < -0.4 is 4.89 Å². The second-order valence-electron chi connectivity index (χ2n) is 17.1. The van der Waals surface area contributed by atoms with E-state index in [1.165, 1.54) is 122 Å². The monoisotopic (exact) mass is 826 g/mol. The summed E-state index contributed by atoms with van der Waals surface area (Å²) in [5.74, 6) is -0.336. The zero-order valence-corrected chi connectivity index (χ0v) is 38.9. The van der Waals surface area contributed by atoms with Crippen molar-refractivity contribution in [2.24, 2.45) is 0 Å². The number of phosphoric acid groups is 1. The van der Waals surface area contributed by atoms with Gasteiger partial charge in [0.1, 0.15) is 19.3 Å². The van der Waals surface area contributed by atoms with E-state index in [-0.39, 0.29) is 25.8 Å². The van der Waals surface area contributed by atoms with E-state index in [1.807, 2.05) is 21.1 Å². The molecule has 9 heteroatoms. The zero-order valence-electron chi connectivity index (χ0n) is 38.0. The van der Waals surface area contributed by atoms with Gasteiger partial charge >= 0.3 is 5.97 Å². The number of ether oxygens (including phenoxy) is 2. The summed E-state index contributed by atoms with van der Waals surface area (Å²) in [6.07, 6.45) is 48.7. The van der Waals surface area contributed by atoms with Crippen LogP contribution in [0.3, 0.4) is 0 Å². The van der Waals surface area contributed by atoms with Crippen molar-refractivity contribution in [2.45, 2.75) is 213 Å². The third-order valence-corrected chi connectivity index (χ3v) is 11.2. The number of carbonyl (C=O) groups is 1. The van der Waals surface area contributed by atoms with Gasteiger partial charge in [0.2, 0.25) is 0 Å². The maximum atomic E-state index is 12.7. The molecule has 0 heterocycles. The van der Waals surface area contributed by atoms with Crippen molar-refractivity contribution in [1.29, 1.82) is 0 Å². The molecule has 0 rings (SSSR count). The Kier molecular flexibility index (Phi) is 40.5. The lowest BCUT2D eigenvalue weighted by atomic mass is 10.0. The fraction of sp³-hybridized carbons (Fsp3) is 0.854. The van der Waals surface area contributed by atoms with Crippen molar-refractivity contribution in [3.63, 3.8) is 0 Å². The van der Waals surface area contributed by atoms with Crippen molar-refractivity contribution < 1.29 is 37.3 Å². The van der Waals surface area contributed by atoms with Gasteiger partial charge < -0.3 is 27.9 Å². The summed E-state index contributed by atoms with van der Waals surface area (Å²) in [6.45, 7) is 5.30. The minimum atomic E-state index is -4.53. The summed E-state index contributed by atoms with van der Waals surface area (Å²) in [5, 5.41) is 0. The van der Waals surface area contributed by atoms with Crippen molar-refractivity contribution in [1.82, 2.24) is 0 Å². The van der Waals surface area contributed by atoms with Crippen LogP contribution in [0.5, 0.6) is 0 Å². The number of unbranched alkanes of at least 4 members (excludes halogenated alkanes) is 24. The molecule has 57 heavy (non-hydrogen) atoms. The van der Waals surface area contributed by atoms with Crippen LogP contribution in [-0.2, 0) is 27.9 Å². The first kappa shape index (κ1) is 55.7. The number of nitrogens with zero attached hydrogens (tertiary/aromatic N) is 1. The summed E-state index contributed by atoms with van der Waals surface area (Å²) in [6, 6.07) is 0. The number of likely N-dealkylation sites (N-methyl/N-ethyl adjacent to an activating group) is 1. The van der Waals surface area contributed by atoms with Crippen LogP contribution in [0.4, 0.5) is 0 Å². The lowest BCUT2D eigenvalue weighted by Gasteiger charge is -2.28. The quantitative estimate of drug-likeness (QED) is 0.0198. The first-order valence-electron chi connectivity index (χ1n) is 23.7. The molecule has 0 N–H and O–H groups in total. The molecule has 2 unspecified atom stereocenters. The number of allylic oxidation sites excluding steroid dienone is 6. The number of rotatable bonds is 44. The second-order valence-corrected chi connectivity index (χ2v) is 18.5. The molecule has 0 fully saturated rings. The molecule has 0 bridgehead atoms. The summed E-state index contributed by atoms with van der Waals surface area (Å²) in [4.78, 5) is 25.1. The number of esters is 1. The number of carbonyl (C=O) groups excluding carboxylic acids is 1. The van der Waals surface area contributed by atoms with Gasteiger partial charge in [0.25, 0.3) is 7.82 Å². The van der Waals surface area contributed by atoms with E-state index in [1.54, 1.807) is 0 Å². The maximum absolute atomic E-state index is 12.7. The molecule has 0 aliphatic carbocycles. The molecule has 336 valence electrons. The predicted molar refractivity (Wildman–Crippen MR) is 240 cm³/mol. The molecule has 0 aliphatic rings. The Morgan fingerprint density at radius 1 is 0.561 bits per heavy atom. The Bertz CT molecular complexity index is 1010. The molecule has 2 atom stereocenters. The standard InChI is InChI=1S/C48H92NO7P/c1-6-8-10-12-14-16-18-20-22-24-25-26-27-29-31-33-35-37-39-41-48(50)56-47(46-55-57(51,52)54-44-42-49(3,4)5)45-53-43-40-38-36-34-32-30-28-23-21-19-17-15-13-11-9-7-2/h9,11,15,17,21,23,47H,6-8,10,12-14,16,18-20,22,24-46H2,1-5H3/b11-9-,17-15-,23-21-. The van der Waals surface area contributed by atoms with Crippen molar-refractivity contribution >= 4 is 13.8 Å². The van der Waals surface area contributed by atoms with Crippen LogP contribution in [0, 0.1) is 0 Å². The molecule has 0 saturated carbocycles. The Balaban J connectivity index is 4.18. The highest BCUT2D eigenvalue weighted by Gasteiger charge is 2.20. The van der Waals surface area contributed by atoms with E-state index in [0.29, 0.717) is 24.1 Å². The number of phosphoric ester groups is 1. The summed E-state index contributed by atoms with van der Waals surface area (Å²) in [7, 11) is 1.35. The molecule has 0 saturated heterocycles. The molecule has 0 aliphatic heterocycles. The number of hydrogen-bond acceptors (Lipinski definition) is 7. The highest BCUT2D eigenvalue weighted by molar-refractivity contribution is 7.45. The lowest BCUT2D eigenvalue weighted by Crippen LogP contribution is -2.37. The number of hydrogen-bond donors (Lipinski definition) is 0. The van der Waals surface area contributed by atoms with Gasteiger partial charge in [-0.1, -0.05) is 192 Å². The van der Waals surface area contributed by atoms with Gasteiger partial charge in [-0.25, -0.2) is 0 Å². The Morgan fingerprint density at radius 2 is 1.02 bits per heavy atom. The molecule has 0 aromatic carbocycles. The average Bonchev–Trinajstić information content (AvgIpc) is 3.16. The van der Waals surface area contributed by atoms with Gasteiger partial charge in [-0.05, 0) is 44.9 Å². The molecule has 0 aromatic rings. The normalized spacial score (nSPS) is 14.0. The highest BCUT2D eigenvalue weighted by atomic mass is 31.2. The van der Waals surface area contributed by atoms with Gasteiger partial charge in [-0.2, -0.15) is 0 Å². The molecule has 0 spiro atoms. The summed E-state index contributed by atoms with van der Waals surface area (Å²) >= 11 is 0. The molecule has 8 nitrogen and oxygen atoms in total. The van der Waals surface area contributed by atoms with E-state index in [9.17, 15) is 14.3 Å². The molecular formula is C48H92NO7P. The third kappa shape index (κ3) is 45.7. The van der Waals surface area contributed by atoms with Crippen LogP contribution in [0.25, 0.3) is 0 Å². The molecule has 0 amide bonds. The average molecular weight is 826 g/mol. The van der Waals surface area contributed by atoms with Crippen molar-refractivity contribution in [2.75, 3.05) is 54.1 Å². The fourth-order valence-electron chi connectivity index (χ4n) is 6.56. The molecule has 0 radical (unpaired) electrons. The van der Waals surface area contributed by atoms with E-state index >= 15 is 0 Å². The minimum absolute atomic E-state index is 0.0242. The van der Waals surface area contributed by atoms with Gasteiger partial charge in [0.05, 0.1) is 34.4 Å². The van der Waals surface area contributed by atoms with E-state index in [4.69, 9.17) is 18.5 Å². The lowest BCUT2D eigenvalue weighted by molar-refractivity contribution is -0.870. The van der Waals surface area contributed by atoms with Crippen LogP contribution in [0.1, 0.15) is 206 Å². The zero-order chi connectivity index (χ0) is 42.0. The molecular weight excluding hydrogens is 734 g/mol. The van der Waals surface area contributed by atoms with Crippen LogP contribution in [0.2, 0.25) is 0 Å². The van der Waals surface area contributed by atoms with E-state index in [0.717, 1.165) is 64.2 Å². The van der Waals surface area contributed by atoms with Gasteiger partial charge in [-0.3, -0.25) is 9.36 Å². The summed E-state index contributed by atoms with van der Waals surface area (Å²) in [5.41, 5.74) is 0. The topological polar surface area (TPSA) is 94.1 Å². The number of quaternary nitrogens is 1. The molecule has 0 aromatic heterocycles. The van der Waals surface area contributed by atoms with E-state index in [2.05, 4.69) is 50.3 Å². The third-order valence-electron chi connectivity index (χ3n) is 10.2. The van der Waals surface area contributed by atoms with Gasteiger partial charge in [-0.15, -0.1) is 0 Å². The fourth-order valence-corrected chi connectivity index (χ4v) is 7.29. The van der Waals surface area contributed by atoms with Crippen LogP contribution in [-0.4, -0.2) is 70.7 Å². The highest BCUT2D eigenvalue weighted by Crippen LogP contribution is 2.38. The minimum Gasteiger partial charge on any atom is -0.756 e. The first-order valence-corrected chi connectivity index (χ1v) is 25.2. The van der Waals surface area contributed by atoms with E-state index < -0.39 is 13.9 Å². The van der Waals surface area contributed by atoms with Gasteiger partial charge in [0, 0.05) is 13.0 Å².